The van der Waals surface area contributed by atoms with E-state index >= 15 is 0 Å². The van der Waals surface area contributed by atoms with E-state index < -0.39 is 5.63 Å². The predicted molar refractivity (Wildman–Crippen MR) is 94.3 cm³/mol. The van der Waals surface area contributed by atoms with Crippen molar-refractivity contribution in [1.82, 2.24) is 0 Å². The smallest absolute Gasteiger partial charge is 0.336 e. The summed E-state index contributed by atoms with van der Waals surface area (Å²) < 4.78 is 6.06. The number of amides is 1. The quantitative estimate of drug-likeness (QED) is 0.519. The number of benzene rings is 2. The number of aryl methyl sites for hydroxylation is 1. The Kier molecular flexibility index (Phi) is 3.98. The Morgan fingerprint density at radius 2 is 1.91 bits per heavy atom. The van der Waals surface area contributed by atoms with Gasteiger partial charge in [0.1, 0.15) is 5.58 Å². The lowest BCUT2D eigenvalue weighted by molar-refractivity contribution is 0.102. The minimum Gasteiger partial charge on any atom is -0.423 e. The van der Waals surface area contributed by atoms with Crippen LogP contribution in [0.4, 0.5) is 5.69 Å². The van der Waals surface area contributed by atoms with Crippen LogP contribution in [-0.2, 0) is 0 Å². The Hall–Kier alpha value is -2.15. The molecule has 1 N–H and O–H groups in total. The molecule has 3 aromatic rings. The van der Waals surface area contributed by atoms with Crippen LogP contribution in [0.2, 0.25) is 0 Å². The molecule has 5 heteroatoms. The van der Waals surface area contributed by atoms with Gasteiger partial charge in [-0.2, -0.15) is 0 Å². The maximum absolute atomic E-state index is 12.3. The van der Waals surface area contributed by atoms with Crippen LogP contribution in [0.1, 0.15) is 15.9 Å². The molecule has 0 saturated carbocycles. The molecule has 0 aliphatic rings. The Morgan fingerprint density at radius 3 is 2.68 bits per heavy atom. The molecule has 0 fully saturated rings. The molecule has 2 aromatic carbocycles. The van der Waals surface area contributed by atoms with Gasteiger partial charge in [0.2, 0.25) is 0 Å². The van der Waals surface area contributed by atoms with Gasteiger partial charge < -0.3 is 9.73 Å². The summed E-state index contributed by atoms with van der Waals surface area (Å²) in [4.78, 5) is 23.7. The number of carbonyl (C=O) groups is 1. The first-order valence-electron chi connectivity index (χ1n) is 6.65. The summed E-state index contributed by atoms with van der Waals surface area (Å²) in [7, 11) is 0. The zero-order valence-corrected chi connectivity index (χ0v) is 13.9. The molecule has 0 bridgehead atoms. The Bertz CT molecular complexity index is 931. The van der Waals surface area contributed by atoms with Crippen molar-refractivity contribution in [1.29, 1.82) is 0 Å². The molecule has 110 valence electrons. The third-order valence-corrected chi connectivity index (χ3v) is 4.27. The van der Waals surface area contributed by atoms with Gasteiger partial charge in [-0.05, 0) is 59.3 Å². The normalized spacial score (nSPS) is 10.6. The fourth-order valence-corrected chi connectivity index (χ4v) is 2.88. The zero-order valence-electron chi connectivity index (χ0n) is 11.7. The van der Waals surface area contributed by atoms with Crippen LogP contribution in [0.15, 0.2) is 57.7 Å². The lowest BCUT2D eigenvalue weighted by Crippen LogP contribution is -2.13. The Morgan fingerprint density at radius 1 is 1.14 bits per heavy atom. The van der Waals surface area contributed by atoms with Crippen molar-refractivity contribution in [2.75, 3.05) is 5.32 Å². The summed E-state index contributed by atoms with van der Waals surface area (Å²) in [6, 6.07) is 14.1. The SMILES string of the molecule is Cc1cc(=O)oc2cc(NC(=O)c3ccccc3I)ccc12. The molecule has 3 rings (SSSR count). The summed E-state index contributed by atoms with van der Waals surface area (Å²) in [5, 5.41) is 3.68. The van der Waals surface area contributed by atoms with Crippen LogP contribution >= 0.6 is 22.6 Å². The van der Waals surface area contributed by atoms with Gasteiger partial charge in [-0.25, -0.2) is 4.79 Å². The van der Waals surface area contributed by atoms with Crippen molar-refractivity contribution in [3.63, 3.8) is 0 Å². The standard InChI is InChI=1S/C17H12INO3/c1-10-8-16(20)22-15-9-11(6-7-12(10)15)19-17(21)13-4-2-3-5-14(13)18/h2-9H,1H3,(H,19,21). The maximum Gasteiger partial charge on any atom is 0.336 e. The highest BCUT2D eigenvalue weighted by Gasteiger charge is 2.10. The van der Waals surface area contributed by atoms with Crippen LogP contribution < -0.4 is 10.9 Å². The lowest BCUT2D eigenvalue weighted by Gasteiger charge is -2.08. The molecule has 0 radical (unpaired) electrons. The largest absolute Gasteiger partial charge is 0.423 e. The predicted octanol–water partition coefficient (Wildman–Crippen LogP) is 3.96. The fraction of sp³-hybridized carbons (Fsp3) is 0.0588. The molecule has 1 aromatic heterocycles. The number of anilines is 1. The van der Waals surface area contributed by atoms with Gasteiger partial charge in [-0.3, -0.25) is 4.79 Å². The second kappa shape index (κ2) is 5.92. The third-order valence-electron chi connectivity index (χ3n) is 3.33. The Balaban J connectivity index is 1.96. The van der Waals surface area contributed by atoms with Crippen molar-refractivity contribution >= 4 is 45.2 Å². The van der Waals surface area contributed by atoms with Gasteiger partial charge in [-0.1, -0.05) is 12.1 Å². The average molecular weight is 405 g/mol. The maximum atomic E-state index is 12.3. The molecule has 0 saturated heterocycles. The van der Waals surface area contributed by atoms with E-state index in [-0.39, 0.29) is 5.91 Å². The van der Waals surface area contributed by atoms with E-state index in [0.29, 0.717) is 16.8 Å². The minimum absolute atomic E-state index is 0.195. The minimum atomic E-state index is -0.397. The highest BCUT2D eigenvalue weighted by molar-refractivity contribution is 14.1. The first kappa shape index (κ1) is 14.8. The summed E-state index contributed by atoms with van der Waals surface area (Å²) in [5.41, 5.74) is 2.11. The van der Waals surface area contributed by atoms with E-state index in [0.717, 1.165) is 14.5 Å². The van der Waals surface area contributed by atoms with E-state index in [2.05, 4.69) is 27.9 Å². The number of carbonyl (C=O) groups excluding carboxylic acids is 1. The lowest BCUT2D eigenvalue weighted by atomic mass is 10.1. The molecule has 0 aliphatic heterocycles. The van der Waals surface area contributed by atoms with Gasteiger partial charge in [0.25, 0.3) is 5.91 Å². The number of rotatable bonds is 2. The number of halogens is 1. The van der Waals surface area contributed by atoms with E-state index in [1.807, 2.05) is 31.2 Å². The fourth-order valence-electron chi connectivity index (χ4n) is 2.25. The van der Waals surface area contributed by atoms with Gasteiger partial charge >= 0.3 is 5.63 Å². The molecule has 0 aliphatic carbocycles. The van der Waals surface area contributed by atoms with E-state index in [1.165, 1.54) is 6.07 Å². The molecule has 0 unspecified atom stereocenters. The molecular weight excluding hydrogens is 393 g/mol. The highest BCUT2D eigenvalue weighted by atomic mass is 127. The van der Waals surface area contributed by atoms with E-state index in [4.69, 9.17) is 4.42 Å². The summed E-state index contributed by atoms with van der Waals surface area (Å²) in [6.45, 7) is 1.85. The van der Waals surface area contributed by atoms with Crippen LogP contribution in [0.5, 0.6) is 0 Å². The van der Waals surface area contributed by atoms with E-state index in [1.54, 1.807) is 18.2 Å². The Labute approximate surface area is 140 Å². The molecular formula is C17H12INO3. The summed E-state index contributed by atoms with van der Waals surface area (Å²) in [6.07, 6.45) is 0. The zero-order chi connectivity index (χ0) is 15.7. The number of fused-ring (bicyclic) bond motifs is 1. The van der Waals surface area contributed by atoms with Crippen molar-refractivity contribution in [3.8, 4) is 0 Å². The second-order valence-electron chi connectivity index (χ2n) is 4.89. The average Bonchev–Trinajstić information content (AvgIpc) is 2.47. The summed E-state index contributed by atoms with van der Waals surface area (Å²) in [5.74, 6) is -0.195. The number of hydrogen-bond acceptors (Lipinski definition) is 3. The van der Waals surface area contributed by atoms with Crippen molar-refractivity contribution in [3.05, 3.63) is 73.6 Å². The highest BCUT2D eigenvalue weighted by Crippen LogP contribution is 2.21. The topological polar surface area (TPSA) is 59.3 Å². The molecule has 1 heterocycles. The van der Waals surface area contributed by atoms with Crippen LogP contribution in [-0.4, -0.2) is 5.91 Å². The van der Waals surface area contributed by atoms with Crippen LogP contribution in [0.25, 0.3) is 11.0 Å². The van der Waals surface area contributed by atoms with Gasteiger partial charge in [0.05, 0.1) is 5.56 Å². The summed E-state index contributed by atoms with van der Waals surface area (Å²) >= 11 is 2.12. The van der Waals surface area contributed by atoms with E-state index in [9.17, 15) is 9.59 Å². The van der Waals surface area contributed by atoms with Gasteiger partial charge in [0.15, 0.2) is 0 Å². The molecule has 4 nitrogen and oxygen atoms in total. The number of nitrogens with one attached hydrogen (secondary N) is 1. The molecule has 22 heavy (non-hydrogen) atoms. The number of hydrogen-bond donors (Lipinski definition) is 1. The third kappa shape index (κ3) is 2.89. The van der Waals surface area contributed by atoms with Crippen molar-refractivity contribution in [2.45, 2.75) is 6.92 Å². The van der Waals surface area contributed by atoms with Crippen molar-refractivity contribution in [2.24, 2.45) is 0 Å². The second-order valence-corrected chi connectivity index (χ2v) is 6.06. The molecule has 0 spiro atoms. The van der Waals surface area contributed by atoms with Gasteiger partial charge in [-0.15, -0.1) is 0 Å². The molecule has 0 atom stereocenters. The first-order valence-corrected chi connectivity index (χ1v) is 7.73. The van der Waals surface area contributed by atoms with Gasteiger partial charge in [0, 0.05) is 26.8 Å². The van der Waals surface area contributed by atoms with Crippen LogP contribution in [0.3, 0.4) is 0 Å². The first-order chi connectivity index (χ1) is 10.5. The van der Waals surface area contributed by atoms with Crippen molar-refractivity contribution < 1.29 is 9.21 Å². The van der Waals surface area contributed by atoms with Crippen LogP contribution in [0, 0.1) is 10.5 Å². The molecule has 1 amide bonds. The monoisotopic (exact) mass is 405 g/mol.